The van der Waals surface area contributed by atoms with Crippen LogP contribution in [0.4, 0.5) is 0 Å². The van der Waals surface area contributed by atoms with Crippen molar-refractivity contribution in [1.82, 2.24) is 9.78 Å². The number of hydrogen-bond acceptors (Lipinski definition) is 3. The average molecular weight is 316 g/mol. The highest BCUT2D eigenvalue weighted by Crippen LogP contribution is 2.28. The van der Waals surface area contributed by atoms with Crippen LogP contribution in [-0.2, 0) is 6.54 Å². The minimum atomic E-state index is -0.995. The molecule has 23 heavy (non-hydrogen) atoms. The van der Waals surface area contributed by atoms with Crippen LogP contribution in [0, 0.1) is 0 Å². The molecule has 1 aromatic heterocycles. The molecular weight excluding hydrogens is 292 g/mol. The molecule has 0 radical (unpaired) electrons. The van der Waals surface area contributed by atoms with E-state index in [0.717, 1.165) is 12.8 Å². The number of phenolic OH excluding ortho intramolecular Hbond substituents is 1. The molecule has 1 heterocycles. The Bertz CT molecular complexity index is 649. The SMILES string of the molecule is CCCCCCCCn1nc(-c2ccccc2O)cc1C(=O)O. The van der Waals surface area contributed by atoms with Crippen LogP contribution in [-0.4, -0.2) is 26.0 Å². The van der Waals surface area contributed by atoms with E-state index in [2.05, 4.69) is 12.0 Å². The number of hydrogen-bond donors (Lipinski definition) is 2. The summed E-state index contributed by atoms with van der Waals surface area (Å²) in [6, 6.07) is 8.35. The smallest absolute Gasteiger partial charge is 0.354 e. The monoisotopic (exact) mass is 316 g/mol. The van der Waals surface area contributed by atoms with Gasteiger partial charge in [0.25, 0.3) is 0 Å². The Morgan fingerprint density at radius 2 is 1.83 bits per heavy atom. The first-order chi connectivity index (χ1) is 11.1. The number of carbonyl (C=O) groups is 1. The number of phenols is 1. The van der Waals surface area contributed by atoms with Crippen LogP contribution >= 0.6 is 0 Å². The van der Waals surface area contributed by atoms with Gasteiger partial charge in [-0.15, -0.1) is 0 Å². The number of rotatable bonds is 9. The molecule has 0 aliphatic heterocycles. The van der Waals surface area contributed by atoms with Crippen LogP contribution < -0.4 is 0 Å². The maximum Gasteiger partial charge on any atom is 0.354 e. The van der Waals surface area contributed by atoms with Gasteiger partial charge >= 0.3 is 5.97 Å². The van der Waals surface area contributed by atoms with E-state index in [1.54, 1.807) is 24.3 Å². The van der Waals surface area contributed by atoms with E-state index in [9.17, 15) is 15.0 Å². The first kappa shape index (κ1) is 17.1. The Balaban J connectivity index is 2.07. The molecule has 5 nitrogen and oxygen atoms in total. The molecule has 0 fully saturated rings. The minimum absolute atomic E-state index is 0.105. The quantitative estimate of drug-likeness (QED) is 0.676. The van der Waals surface area contributed by atoms with Gasteiger partial charge in [-0.25, -0.2) is 4.79 Å². The maximum atomic E-state index is 11.4. The van der Waals surface area contributed by atoms with Gasteiger partial charge in [0.15, 0.2) is 0 Å². The molecule has 2 rings (SSSR count). The second-order valence-electron chi connectivity index (χ2n) is 5.73. The van der Waals surface area contributed by atoms with Crippen molar-refractivity contribution >= 4 is 5.97 Å². The van der Waals surface area contributed by atoms with Crippen LogP contribution in [0.15, 0.2) is 30.3 Å². The molecule has 0 aliphatic carbocycles. The van der Waals surface area contributed by atoms with Gasteiger partial charge in [-0.3, -0.25) is 4.68 Å². The second kappa shape index (κ2) is 8.36. The van der Waals surface area contributed by atoms with Gasteiger partial charge in [0.1, 0.15) is 11.4 Å². The van der Waals surface area contributed by atoms with Crippen LogP contribution in [0.25, 0.3) is 11.3 Å². The van der Waals surface area contributed by atoms with Crippen molar-refractivity contribution < 1.29 is 15.0 Å². The highest BCUT2D eigenvalue weighted by atomic mass is 16.4. The van der Waals surface area contributed by atoms with Gasteiger partial charge in [-0.1, -0.05) is 51.2 Å². The maximum absolute atomic E-state index is 11.4. The van der Waals surface area contributed by atoms with E-state index < -0.39 is 5.97 Å². The summed E-state index contributed by atoms with van der Waals surface area (Å²) in [4.78, 5) is 11.4. The molecule has 5 heteroatoms. The summed E-state index contributed by atoms with van der Waals surface area (Å²) < 4.78 is 1.53. The van der Waals surface area contributed by atoms with E-state index >= 15 is 0 Å². The Morgan fingerprint density at radius 3 is 2.52 bits per heavy atom. The summed E-state index contributed by atoms with van der Waals surface area (Å²) in [6.07, 6.45) is 6.84. The zero-order valence-electron chi connectivity index (χ0n) is 13.5. The summed E-state index contributed by atoms with van der Waals surface area (Å²) in [7, 11) is 0. The summed E-state index contributed by atoms with van der Waals surface area (Å²) in [5, 5.41) is 23.6. The van der Waals surface area contributed by atoms with Crippen molar-refractivity contribution in [2.45, 2.75) is 52.0 Å². The van der Waals surface area contributed by atoms with Gasteiger partial charge in [0.2, 0.25) is 0 Å². The Kier molecular flexibility index (Phi) is 6.20. The molecule has 0 atom stereocenters. The lowest BCUT2D eigenvalue weighted by Crippen LogP contribution is -2.10. The minimum Gasteiger partial charge on any atom is -0.507 e. The third kappa shape index (κ3) is 4.58. The number of aryl methyl sites for hydroxylation is 1. The number of nitrogens with zero attached hydrogens (tertiary/aromatic N) is 2. The van der Waals surface area contributed by atoms with Gasteiger partial charge in [-0.2, -0.15) is 5.10 Å². The summed E-state index contributed by atoms with van der Waals surface area (Å²) in [6.45, 7) is 2.77. The molecule has 0 saturated carbocycles. The normalized spacial score (nSPS) is 10.8. The molecule has 124 valence electrons. The number of carboxylic acids is 1. The van der Waals surface area contributed by atoms with Gasteiger partial charge in [0, 0.05) is 12.1 Å². The van der Waals surface area contributed by atoms with Crippen molar-refractivity contribution in [2.75, 3.05) is 0 Å². The number of aromatic hydroxyl groups is 1. The molecule has 0 amide bonds. The Labute approximate surface area is 136 Å². The molecule has 0 saturated heterocycles. The molecule has 0 unspecified atom stereocenters. The van der Waals surface area contributed by atoms with Crippen molar-refractivity contribution in [3.63, 3.8) is 0 Å². The first-order valence-corrected chi connectivity index (χ1v) is 8.23. The van der Waals surface area contributed by atoms with E-state index in [1.807, 2.05) is 0 Å². The van der Waals surface area contributed by atoms with E-state index in [4.69, 9.17) is 0 Å². The van der Waals surface area contributed by atoms with Gasteiger partial charge < -0.3 is 10.2 Å². The Hall–Kier alpha value is -2.30. The fourth-order valence-electron chi connectivity index (χ4n) is 2.62. The number of carboxylic acid groups (broad SMARTS) is 1. The standard InChI is InChI=1S/C18H24N2O3/c1-2-3-4-5-6-9-12-20-16(18(22)23)13-15(19-20)14-10-7-8-11-17(14)21/h7-8,10-11,13,21H,2-6,9,12H2,1H3,(H,22,23). The third-order valence-electron chi connectivity index (χ3n) is 3.90. The van der Waals surface area contributed by atoms with Crippen molar-refractivity contribution in [3.8, 4) is 17.0 Å². The predicted octanol–water partition coefficient (Wildman–Crippen LogP) is 4.31. The largest absolute Gasteiger partial charge is 0.507 e. The highest BCUT2D eigenvalue weighted by molar-refractivity contribution is 5.87. The fourth-order valence-corrected chi connectivity index (χ4v) is 2.62. The van der Waals surface area contributed by atoms with E-state index in [1.165, 1.54) is 36.4 Å². The van der Waals surface area contributed by atoms with Crippen LogP contribution in [0.3, 0.4) is 0 Å². The summed E-state index contributed by atoms with van der Waals surface area (Å²) >= 11 is 0. The predicted molar refractivity (Wildman–Crippen MR) is 89.7 cm³/mol. The topological polar surface area (TPSA) is 75.3 Å². The first-order valence-electron chi connectivity index (χ1n) is 8.23. The molecule has 2 N–H and O–H groups in total. The lowest BCUT2D eigenvalue weighted by molar-refractivity contribution is 0.0683. The van der Waals surface area contributed by atoms with E-state index in [-0.39, 0.29) is 11.4 Å². The molecule has 2 aromatic rings. The van der Waals surface area contributed by atoms with Crippen molar-refractivity contribution in [1.29, 1.82) is 0 Å². The number of unbranched alkanes of at least 4 members (excludes halogenated alkanes) is 5. The lowest BCUT2D eigenvalue weighted by atomic mass is 10.1. The van der Waals surface area contributed by atoms with Crippen LogP contribution in [0.5, 0.6) is 5.75 Å². The van der Waals surface area contributed by atoms with Crippen LogP contribution in [0.2, 0.25) is 0 Å². The van der Waals surface area contributed by atoms with Crippen molar-refractivity contribution in [3.05, 3.63) is 36.0 Å². The van der Waals surface area contributed by atoms with Crippen LogP contribution in [0.1, 0.15) is 55.9 Å². The summed E-state index contributed by atoms with van der Waals surface area (Å²) in [5.41, 5.74) is 1.21. The number of aromatic nitrogens is 2. The van der Waals surface area contributed by atoms with Crippen molar-refractivity contribution in [2.24, 2.45) is 0 Å². The molecular formula is C18H24N2O3. The second-order valence-corrected chi connectivity index (χ2v) is 5.73. The summed E-state index contributed by atoms with van der Waals surface area (Å²) in [5.74, 6) is -0.890. The zero-order valence-corrected chi connectivity index (χ0v) is 13.5. The number of para-hydroxylation sites is 1. The molecule has 0 aliphatic rings. The lowest BCUT2D eigenvalue weighted by Gasteiger charge is -2.04. The molecule has 0 bridgehead atoms. The molecule has 0 spiro atoms. The number of benzene rings is 1. The van der Waals surface area contributed by atoms with E-state index in [0.29, 0.717) is 17.8 Å². The highest BCUT2D eigenvalue weighted by Gasteiger charge is 2.16. The Morgan fingerprint density at radius 1 is 1.13 bits per heavy atom. The zero-order chi connectivity index (χ0) is 16.7. The fraction of sp³-hybridized carbons (Fsp3) is 0.444. The third-order valence-corrected chi connectivity index (χ3v) is 3.90. The number of aromatic carboxylic acids is 1. The average Bonchev–Trinajstić information content (AvgIpc) is 2.95. The molecule has 1 aromatic carbocycles. The van der Waals surface area contributed by atoms with Gasteiger partial charge in [0.05, 0.1) is 5.69 Å². The van der Waals surface area contributed by atoms with Gasteiger partial charge in [-0.05, 0) is 24.6 Å².